The van der Waals surface area contributed by atoms with Crippen molar-refractivity contribution < 1.29 is 9.59 Å². The molecule has 0 radical (unpaired) electrons. The molecule has 5 nitrogen and oxygen atoms in total. The van der Waals surface area contributed by atoms with E-state index in [9.17, 15) is 9.59 Å². The zero-order valence-corrected chi connectivity index (χ0v) is 20.1. The van der Waals surface area contributed by atoms with Gasteiger partial charge in [0, 0.05) is 18.2 Å². The van der Waals surface area contributed by atoms with Gasteiger partial charge in [0.25, 0.3) is 0 Å². The SMILES string of the molecule is O=C(CNC(=O)C12CC3CC(CC(C3)C1)C2)N(Cc1ccc(Cl)c(Cl)c1)Cc1ccccn1. The molecule has 0 aliphatic heterocycles. The summed E-state index contributed by atoms with van der Waals surface area (Å²) in [5.74, 6) is 2.00. The van der Waals surface area contributed by atoms with E-state index in [4.69, 9.17) is 23.2 Å². The fraction of sp³-hybridized carbons (Fsp3) is 0.500. The third-order valence-electron chi connectivity index (χ3n) is 7.71. The van der Waals surface area contributed by atoms with Gasteiger partial charge >= 0.3 is 0 Å². The van der Waals surface area contributed by atoms with Crippen LogP contribution in [0.4, 0.5) is 0 Å². The van der Waals surface area contributed by atoms with Crippen LogP contribution in [0.3, 0.4) is 0 Å². The van der Waals surface area contributed by atoms with Gasteiger partial charge in [0.05, 0.1) is 28.8 Å². The zero-order valence-electron chi connectivity index (χ0n) is 18.6. The number of hydrogen-bond donors (Lipinski definition) is 1. The molecule has 4 fully saturated rings. The second-order valence-electron chi connectivity index (χ2n) is 10.2. The summed E-state index contributed by atoms with van der Waals surface area (Å²) in [6.45, 7) is 0.710. The second kappa shape index (κ2) is 9.27. The minimum Gasteiger partial charge on any atom is -0.347 e. The van der Waals surface area contributed by atoms with E-state index in [1.807, 2.05) is 24.3 Å². The van der Waals surface area contributed by atoms with Gasteiger partial charge in [-0.15, -0.1) is 0 Å². The van der Waals surface area contributed by atoms with Crippen LogP contribution in [0.2, 0.25) is 10.0 Å². The van der Waals surface area contributed by atoms with Crippen molar-refractivity contribution in [1.29, 1.82) is 0 Å². The number of carbonyl (C=O) groups is 2. The quantitative estimate of drug-likeness (QED) is 0.582. The Morgan fingerprint density at radius 2 is 1.67 bits per heavy atom. The van der Waals surface area contributed by atoms with E-state index in [0.717, 1.165) is 30.5 Å². The van der Waals surface area contributed by atoms with Crippen LogP contribution in [0, 0.1) is 23.2 Å². The maximum Gasteiger partial charge on any atom is 0.242 e. The maximum absolute atomic E-state index is 13.3. The smallest absolute Gasteiger partial charge is 0.242 e. The van der Waals surface area contributed by atoms with Crippen LogP contribution in [0.5, 0.6) is 0 Å². The van der Waals surface area contributed by atoms with Crippen LogP contribution in [0.15, 0.2) is 42.6 Å². The van der Waals surface area contributed by atoms with Crippen molar-refractivity contribution in [2.24, 2.45) is 23.2 Å². The Labute approximate surface area is 204 Å². The summed E-state index contributed by atoms with van der Waals surface area (Å²) >= 11 is 12.2. The predicted molar refractivity (Wildman–Crippen MR) is 129 cm³/mol. The van der Waals surface area contributed by atoms with Gasteiger partial charge in [-0.1, -0.05) is 35.3 Å². The Kier molecular flexibility index (Phi) is 6.37. The van der Waals surface area contributed by atoms with Crippen molar-refractivity contribution in [3.8, 4) is 0 Å². The number of carbonyl (C=O) groups excluding carboxylic acids is 2. The normalized spacial score (nSPS) is 27.4. The van der Waals surface area contributed by atoms with Crippen molar-refractivity contribution in [1.82, 2.24) is 15.2 Å². The average molecular weight is 486 g/mol. The van der Waals surface area contributed by atoms with E-state index < -0.39 is 0 Å². The van der Waals surface area contributed by atoms with Gasteiger partial charge in [-0.2, -0.15) is 0 Å². The zero-order chi connectivity index (χ0) is 23.0. The first-order chi connectivity index (χ1) is 15.9. The van der Waals surface area contributed by atoms with Crippen molar-refractivity contribution >= 4 is 35.0 Å². The van der Waals surface area contributed by atoms with Crippen LogP contribution in [-0.2, 0) is 22.7 Å². The average Bonchev–Trinajstić information content (AvgIpc) is 2.79. The molecule has 0 unspecified atom stereocenters. The molecule has 33 heavy (non-hydrogen) atoms. The van der Waals surface area contributed by atoms with Crippen molar-refractivity contribution in [2.45, 2.75) is 51.6 Å². The summed E-state index contributed by atoms with van der Waals surface area (Å²) in [5.41, 5.74) is 1.41. The monoisotopic (exact) mass is 485 g/mol. The van der Waals surface area contributed by atoms with Gasteiger partial charge in [0.15, 0.2) is 0 Å². The molecular weight excluding hydrogens is 457 g/mol. The summed E-state index contributed by atoms with van der Waals surface area (Å²) in [7, 11) is 0. The molecule has 0 atom stereocenters. The summed E-state index contributed by atoms with van der Waals surface area (Å²) in [5, 5.41) is 3.95. The first-order valence-electron chi connectivity index (χ1n) is 11.8. The molecule has 6 rings (SSSR count). The van der Waals surface area contributed by atoms with Gasteiger partial charge in [-0.25, -0.2) is 0 Å². The molecule has 4 saturated carbocycles. The Bertz CT molecular complexity index is 1010. The van der Waals surface area contributed by atoms with E-state index in [0.29, 0.717) is 40.9 Å². The molecule has 1 aromatic carbocycles. The summed E-state index contributed by atoms with van der Waals surface area (Å²) in [6.07, 6.45) is 8.53. The number of pyridine rings is 1. The first kappa shape index (κ1) is 22.7. The lowest BCUT2D eigenvalue weighted by molar-refractivity contribution is -0.148. The second-order valence-corrected chi connectivity index (χ2v) is 11.0. The summed E-state index contributed by atoms with van der Waals surface area (Å²) in [4.78, 5) is 32.6. The minimum absolute atomic E-state index is 0.00522. The van der Waals surface area contributed by atoms with Crippen molar-refractivity contribution in [3.63, 3.8) is 0 Å². The standard InChI is InChI=1S/C26H29Cl2N3O2/c27-22-5-4-17(10-23(22)28)15-31(16-21-3-1-2-6-29-21)24(32)14-30-25(33)26-11-18-7-19(12-26)9-20(8-18)13-26/h1-6,10,18-20H,7-9,11-16H2,(H,30,33). The molecule has 174 valence electrons. The van der Waals surface area contributed by atoms with Gasteiger partial charge in [0.2, 0.25) is 11.8 Å². The first-order valence-corrected chi connectivity index (χ1v) is 12.6. The Balaban J connectivity index is 1.27. The van der Waals surface area contributed by atoms with Gasteiger partial charge in [0.1, 0.15) is 0 Å². The van der Waals surface area contributed by atoms with Crippen molar-refractivity contribution in [2.75, 3.05) is 6.54 Å². The molecule has 1 heterocycles. The summed E-state index contributed by atoms with van der Waals surface area (Å²) < 4.78 is 0. The lowest BCUT2D eigenvalue weighted by atomic mass is 9.49. The number of nitrogens with zero attached hydrogens (tertiary/aromatic N) is 2. The lowest BCUT2D eigenvalue weighted by Crippen LogP contribution is -2.54. The topological polar surface area (TPSA) is 62.3 Å². The largest absolute Gasteiger partial charge is 0.347 e. The third-order valence-corrected chi connectivity index (χ3v) is 8.45. The van der Waals surface area contributed by atoms with E-state index >= 15 is 0 Å². The number of nitrogens with one attached hydrogen (secondary N) is 1. The van der Waals surface area contributed by atoms with E-state index in [1.165, 1.54) is 19.3 Å². The molecule has 4 bridgehead atoms. The fourth-order valence-electron chi connectivity index (χ4n) is 6.62. The van der Waals surface area contributed by atoms with E-state index in [1.54, 1.807) is 23.2 Å². The molecule has 2 amide bonds. The molecule has 4 aliphatic rings. The molecule has 0 saturated heterocycles. The van der Waals surface area contributed by atoms with E-state index in [2.05, 4.69) is 10.3 Å². The van der Waals surface area contributed by atoms with Gasteiger partial charge < -0.3 is 10.2 Å². The number of amides is 2. The highest BCUT2D eigenvalue weighted by molar-refractivity contribution is 6.42. The predicted octanol–water partition coefficient (Wildman–Crippen LogP) is 5.25. The molecule has 2 aromatic rings. The van der Waals surface area contributed by atoms with Crippen LogP contribution in [0.25, 0.3) is 0 Å². The number of benzene rings is 1. The highest BCUT2D eigenvalue weighted by Gasteiger charge is 2.54. The molecule has 1 aromatic heterocycles. The van der Waals surface area contributed by atoms with Gasteiger partial charge in [-0.05, 0) is 86.1 Å². The van der Waals surface area contributed by atoms with Gasteiger partial charge in [-0.3, -0.25) is 14.6 Å². The van der Waals surface area contributed by atoms with Crippen LogP contribution >= 0.6 is 23.2 Å². The minimum atomic E-state index is -0.259. The number of rotatable bonds is 7. The van der Waals surface area contributed by atoms with Crippen molar-refractivity contribution in [3.05, 3.63) is 63.9 Å². The molecule has 7 heteroatoms. The van der Waals surface area contributed by atoms with Crippen LogP contribution < -0.4 is 5.32 Å². The molecule has 0 spiro atoms. The molecule has 1 N–H and O–H groups in total. The lowest BCUT2D eigenvalue weighted by Gasteiger charge is -2.55. The van der Waals surface area contributed by atoms with E-state index in [-0.39, 0.29) is 23.8 Å². The maximum atomic E-state index is 13.3. The fourth-order valence-corrected chi connectivity index (χ4v) is 6.94. The van der Waals surface area contributed by atoms with Crippen LogP contribution in [-0.4, -0.2) is 28.2 Å². The summed E-state index contributed by atoms with van der Waals surface area (Å²) in [6, 6.07) is 11.0. The highest BCUT2D eigenvalue weighted by Crippen LogP contribution is 2.60. The third kappa shape index (κ3) is 4.90. The Morgan fingerprint density at radius 1 is 0.970 bits per heavy atom. The number of halogens is 2. The number of hydrogen-bond acceptors (Lipinski definition) is 3. The Hall–Kier alpha value is -2.11. The van der Waals surface area contributed by atoms with Crippen LogP contribution in [0.1, 0.15) is 49.8 Å². The molecule has 4 aliphatic carbocycles. The highest BCUT2D eigenvalue weighted by atomic mass is 35.5. The molecular formula is C26H29Cl2N3O2. The number of aromatic nitrogens is 1. The Morgan fingerprint density at radius 3 is 2.27 bits per heavy atom.